The molecule has 1 atom stereocenters. The van der Waals surface area contributed by atoms with E-state index in [2.05, 4.69) is 42.3 Å². The standard InChI is InChI=1S/C26H32N2O2/c1-4-7-24-21(16-22-17-23(30-3)12-13-25(22)24)11-14-26(29)28-19(2)8-5-9-20-10-6-15-27-18-20/h6,10-15,17-19H,4-5,7-9,16H2,1-3H3,(H,28,29)/b14-11+. The third-order valence-corrected chi connectivity index (χ3v) is 5.56. The lowest BCUT2D eigenvalue weighted by atomic mass is 10.0. The Morgan fingerprint density at radius 1 is 1.30 bits per heavy atom. The maximum Gasteiger partial charge on any atom is 0.244 e. The Morgan fingerprint density at radius 2 is 2.17 bits per heavy atom. The van der Waals surface area contributed by atoms with Gasteiger partial charge < -0.3 is 10.1 Å². The number of ether oxygens (including phenoxy) is 1. The van der Waals surface area contributed by atoms with Crippen molar-refractivity contribution in [2.45, 2.75) is 58.4 Å². The number of allylic oxidation sites excluding steroid dienone is 3. The van der Waals surface area contributed by atoms with Crippen LogP contribution in [0.4, 0.5) is 0 Å². The first-order valence-corrected chi connectivity index (χ1v) is 10.9. The van der Waals surface area contributed by atoms with E-state index in [0.29, 0.717) is 0 Å². The minimum Gasteiger partial charge on any atom is -0.497 e. The van der Waals surface area contributed by atoms with Gasteiger partial charge >= 0.3 is 0 Å². The van der Waals surface area contributed by atoms with Crippen LogP contribution in [-0.4, -0.2) is 24.0 Å². The molecule has 1 aromatic heterocycles. The maximum atomic E-state index is 12.4. The second kappa shape index (κ2) is 10.8. The van der Waals surface area contributed by atoms with Crippen LogP contribution in [0.1, 0.15) is 56.2 Å². The molecule has 1 amide bonds. The van der Waals surface area contributed by atoms with Gasteiger partial charge in [-0.25, -0.2) is 0 Å². The lowest BCUT2D eigenvalue weighted by Gasteiger charge is -2.12. The number of fused-ring (bicyclic) bond motifs is 1. The normalized spacial score (nSPS) is 14.1. The summed E-state index contributed by atoms with van der Waals surface area (Å²) < 4.78 is 5.37. The zero-order valence-electron chi connectivity index (χ0n) is 18.3. The number of aryl methyl sites for hydroxylation is 1. The highest BCUT2D eigenvalue weighted by molar-refractivity contribution is 5.89. The van der Waals surface area contributed by atoms with Gasteiger partial charge in [0.1, 0.15) is 5.75 Å². The topological polar surface area (TPSA) is 51.2 Å². The maximum absolute atomic E-state index is 12.4. The lowest BCUT2D eigenvalue weighted by molar-refractivity contribution is -0.117. The fourth-order valence-electron chi connectivity index (χ4n) is 4.03. The summed E-state index contributed by atoms with van der Waals surface area (Å²) in [7, 11) is 1.69. The minimum absolute atomic E-state index is 0.0271. The molecule has 2 aromatic rings. The van der Waals surface area contributed by atoms with Crippen molar-refractivity contribution in [2.75, 3.05) is 7.11 Å². The molecule has 1 N–H and O–H groups in total. The van der Waals surface area contributed by atoms with Gasteiger partial charge in [-0.3, -0.25) is 9.78 Å². The number of aromatic nitrogens is 1. The van der Waals surface area contributed by atoms with Crippen LogP contribution in [0.25, 0.3) is 5.57 Å². The summed E-state index contributed by atoms with van der Waals surface area (Å²) in [6, 6.07) is 10.5. The van der Waals surface area contributed by atoms with Crippen molar-refractivity contribution in [3.05, 3.63) is 77.1 Å². The summed E-state index contributed by atoms with van der Waals surface area (Å²) in [6.45, 7) is 4.25. The molecule has 3 rings (SSSR count). The SMILES string of the molecule is CCCC1=C(/C=C/C(=O)NC(C)CCCc2cccnc2)Cc2cc(OC)ccc21. The van der Waals surface area contributed by atoms with E-state index in [9.17, 15) is 4.79 Å². The average molecular weight is 405 g/mol. The van der Waals surface area contributed by atoms with E-state index in [1.807, 2.05) is 24.4 Å². The number of methoxy groups -OCH3 is 1. The predicted molar refractivity (Wildman–Crippen MR) is 122 cm³/mol. The Labute approximate surface area is 180 Å². The van der Waals surface area contributed by atoms with Crippen LogP contribution in [0.5, 0.6) is 5.75 Å². The number of hydrogen-bond acceptors (Lipinski definition) is 3. The van der Waals surface area contributed by atoms with Crippen molar-refractivity contribution < 1.29 is 9.53 Å². The zero-order valence-corrected chi connectivity index (χ0v) is 18.3. The van der Waals surface area contributed by atoms with Crippen molar-refractivity contribution >= 4 is 11.5 Å². The molecule has 0 aliphatic heterocycles. The number of nitrogens with zero attached hydrogens (tertiary/aromatic N) is 1. The van der Waals surface area contributed by atoms with Crippen molar-refractivity contribution in [3.63, 3.8) is 0 Å². The van der Waals surface area contributed by atoms with Crippen LogP contribution in [-0.2, 0) is 17.6 Å². The summed E-state index contributed by atoms with van der Waals surface area (Å²) in [5.41, 5.74) is 6.40. The van der Waals surface area contributed by atoms with E-state index in [0.717, 1.165) is 44.3 Å². The highest BCUT2D eigenvalue weighted by Crippen LogP contribution is 2.38. The fraction of sp³-hybridized carbons (Fsp3) is 0.385. The summed E-state index contributed by atoms with van der Waals surface area (Å²) in [5.74, 6) is 0.855. The molecular formula is C26H32N2O2. The van der Waals surface area contributed by atoms with Gasteiger partial charge in [-0.1, -0.05) is 31.6 Å². The number of carbonyl (C=O) groups excluding carboxylic acids is 1. The number of rotatable bonds is 10. The molecule has 1 aliphatic carbocycles. The van der Waals surface area contributed by atoms with Gasteiger partial charge in [0, 0.05) is 24.5 Å². The molecule has 0 radical (unpaired) electrons. The molecule has 4 heteroatoms. The van der Waals surface area contributed by atoms with Crippen molar-refractivity contribution in [3.8, 4) is 5.75 Å². The lowest BCUT2D eigenvalue weighted by Crippen LogP contribution is -2.31. The quantitative estimate of drug-likeness (QED) is 0.548. The summed E-state index contributed by atoms with van der Waals surface area (Å²) in [5, 5.41) is 3.09. The fourth-order valence-corrected chi connectivity index (χ4v) is 4.03. The van der Waals surface area contributed by atoms with Gasteiger partial charge in [0.2, 0.25) is 5.91 Å². The van der Waals surface area contributed by atoms with Crippen LogP contribution in [0.2, 0.25) is 0 Å². The second-order valence-corrected chi connectivity index (χ2v) is 7.95. The van der Waals surface area contributed by atoms with Crippen molar-refractivity contribution in [2.24, 2.45) is 0 Å². The van der Waals surface area contributed by atoms with Crippen LogP contribution in [0, 0.1) is 0 Å². The van der Waals surface area contributed by atoms with Gasteiger partial charge in [-0.05, 0) is 85.1 Å². The Kier molecular flexibility index (Phi) is 7.83. The largest absolute Gasteiger partial charge is 0.497 e. The Balaban J connectivity index is 1.54. The molecule has 0 fully saturated rings. The van der Waals surface area contributed by atoms with Crippen LogP contribution in [0.3, 0.4) is 0 Å². The Hall–Kier alpha value is -2.88. The van der Waals surface area contributed by atoms with E-state index in [1.165, 1.54) is 27.8 Å². The molecule has 1 aliphatic rings. The van der Waals surface area contributed by atoms with Crippen molar-refractivity contribution in [1.29, 1.82) is 0 Å². The third kappa shape index (κ3) is 5.82. The van der Waals surface area contributed by atoms with Crippen LogP contribution in [0.15, 0.2) is 60.5 Å². The number of amides is 1. The monoisotopic (exact) mass is 404 g/mol. The van der Waals surface area contributed by atoms with Gasteiger partial charge in [-0.2, -0.15) is 0 Å². The first-order chi connectivity index (χ1) is 14.6. The number of carbonyl (C=O) groups is 1. The highest BCUT2D eigenvalue weighted by atomic mass is 16.5. The van der Waals surface area contributed by atoms with Gasteiger partial charge in [-0.15, -0.1) is 0 Å². The van der Waals surface area contributed by atoms with Crippen LogP contribution >= 0.6 is 0 Å². The molecule has 0 saturated carbocycles. The molecule has 1 heterocycles. The number of benzene rings is 1. The first-order valence-electron chi connectivity index (χ1n) is 10.9. The smallest absolute Gasteiger partial charge is 0.244 e. The zero-order chi connectivity index (χ0) is 21.3. The minimum atomic E-state index is -0.0271. The molecule has 0 bridgehead atoms. The van der Waals surface area contributed by atoms with E-state index in [-0.39, 0.29) is 11.9 Å². The molecule has 30 heavy (non-hydrogen) atoms. The molecule has 1 aromatic carbocycles. The van der Waals surface area contributed by atoms with Gasteiger partial charge in [0.25, 0.3) is 0 Å². The molecule has 158 valence electrons. The summed E-state index contributed by atoms with van der Waals surface area (Å²) in [6.07, 6.45) is 13.3. The molecule has 1 unspecified atom stereocenters. The van der Waals surface area contributed by atoms with E-state index < -0.39 is 0 Å². The summed E-state index contributed by atoms with van der Waals surface area (Å²) in [4.78, 5) is 16.6. The second-order valence-electron chi connectivity index (χ2n) is 7.95. The van der Waals surface area contributed by atoms with E-state index in [4.69, 9.17) is 4.74 Å². The van der Waals surface area contributed by atoms with Crippen molar-refractivity contribution in [1.82, 2.24) is 10.3 Å². The van der Waals surface area contributed by atoms with Gasteiger partial charge in [0.15, 0.2) is 0 Å². The molecule has 0 saturated heterocycles. The number of hydrogen-bond donors (Lipinski definition) is 1. The number of nitrogens with one attached hydrogen (secondary N) is 1. The molecule has 0 spiro atoms. The van der Waals surface area contributed by atoms with Gasteiger partial charge in [0.05, 0.1) is 7.11 Å². The summed E-state index contributed by atoms with van der Waals surface area (Å²) >= 11 is 0. The van der Waals surface area contributed by atoms with E-state index in [1.54, 1.807) is 19.4 Å². The highest BCUT2D eigenvalue weighted by Gasteiger charge is 2.20. The third-order valence-electron chi connectivity index (χ3n) is 5.56. The number of pyridine rings is 1. The van der Waals surface area contributed by atoms with Crippen LogP contribution < -0.4 is 10.1 Å². The predicted octanol–water partition coefficient (Wildman–Crippen LogP) is 5.28. The Bertz CT molecular complexity index is 916. The van der Waals surface area contributed by atoms with E-state index >= 15 is 0 Å². The molecule has 4 nitrogen and oxygen atoms in total. The first kappa shape index (κ1) is 21.8. The Morgan fingerprint density at radius 3 is 2.90 bits per heavy atom. The average Bonchev–Trinajstić information content (AvgIpc) is 3.10. The molecular weight excluding hydrogens is 372 g/mol.